The molecule has 4 atom stereocenters. The Kier molecular flexibility index (Phi) is 0.898. The Balaban J connectivity index is 1.97. The lowest BCUT2D eigenvalue weighted by Gasteiger charge is -2.23. The lowest BCUT2D eigenvalue weighted by molar-refractivity contribution is 0.285. The molecule has 0 heteroatoms. The number of allylic oxidation sites excluding steroid dienone is 2. The van der Waals surface area contributed by atoms with Crippen molar-refractivity contribution in [3.05, 3.63) is 12.2 Å². The molecule has 10 heavy (non-hydrogen) atoms. The van der Waals surface area contributed by atoms with Gasteiger partial charge in [0.2, 0.25) is 0 Å². The molecule has 3 aliphatic carbocycles. The van der Waals surface area contributed by atoms with Crippen LogP contribution in [0.3, 0.4) is 0 Å². The highest BCUT2D eigenvalue weighted by atomic mass is 14.5. The van der Waals surface area contributed by atoms with Gasteiger partial charge in [0.25, 0.3) is 0 Å². The van der Waals surface area contributed by atoms with Crippen molar-refractivity contribution in [3.8, 4) is 0 Å². The average molecular weight is 134 g/mol. The predicted octanol–water partition coefficient (Wildman–Crippen LogP) is 2.61. The van der Waals surface area contributed by atoms with Gasteiger partial charge in [0.05, 0.1) is 0 Å². The number of fused-ring (bicyclic) bond motifs is 5. The van der Waals surface area contributed by atoms with E-state index in [1.165, 1.54) is 12.8 Å². The molecule has 0 radical (unpaired) electrons. The molecule has 3 rings (SSSR count). The maximum absolute atomic E-state index is 2.49. The van der Waals surface area contributed by atoms with Crippen molar-refractivity contribution in [1.82, 2.24) is 0 Å². The van der Waals surface area contributed by atoms with Gasteiger partial charge in [-0.1, -0.05) is 12.2 Å². The number of rotatable bonds is 0. The van der Waals surface area contributed by atoms with E-state index < -0.39 is 0 Å². The molecule has 0 aliphatic heterocycles. The third-order valence-electron chi connectivity index (χ3n) is 3.92. The van der Waals surface area contributed by atoms with Gasteiger partial charge in [-0.3, -0.25) is 0 Å². The normalized spacial score (nSPS) is 56.0. The maximum Gasteiger partial charge on any atom is -0.0171 e. The quantitative estimate of drug-likeness (QED) is 0.447. The summed E-state index contributed by atoms with van der Waals surface area (Å²) in [6.07, 6.45) is 11.0. The van der Waals surface area contributed by atoms with Gasteiger partial charge in [-0.2, -0.15) is 0 Å². The van der Waals surface area contributed by atoms with E-state index in [1.54, 1.807) is 12.8 Å². The summed E-state index contributed by atoms with van der Waals surface area (Å²) in [6.45, 7) is 0. The first-order valence-corrected chi connectivity index (χ1v) is 4.62. The lowest BCUT2D eigenvalue weighted by atomic mass is 9.82. The van der Waals surface area contributed by atoms with Crippen molar-refractivity contribution >= 4 is 0 Å². The van der Waals surface area contributed by atoms with Crippen LogP contribution in [0.15, 0.2) is 12.2 Å². The molecular weight excluding hydrogens is 120 g/mol. The van der Waals surface area contributed by atoms with Crippen molar-refractivity contribution in [2.24, 2.45) is 23.7 Å². The van der Waals surface area contributed by atoms with E-state index >= 15 is 0 Å². The molecule has 0 spiro atoms. The minimum Gasteiger partial charge on any atom is -0.0879 e. The fourth-order valence-electron chi connectivity index (χ4n) is 3.50. The molecule has 0 amide bonds. The van der Waals surface area contributed by atoms with Crippen LogP contribution < -0.4 is 0 Å². The fraction of sp³-hybridized carbons (Fsp3) is 0.800. The zero-order chi connectivity index (χ0) is 6.55. The van der Waals surface area contributed by atoms with Crippen LogP contribution in [0.25, 0.3) is 0 Å². The van der Waals surface area contributed by atoms with E-state index in [2.05, 4.69) is 12.2 Å². The van der Waals surface area contributed by atoms with Crippen LogP contribution in [-0.4, -0.2) is 0 Å². The molecule has 0 N–H and O–H groups in total. The molecule has 3 aliphatic rings. The molecule has 0 nitrogen and oxygen atoms in total. The third kappa shape index (κ3) is 0.492. The van der Waals surface area contributed by atoms with Crippen molar-refractivity contribution in [2.45, 2.75) is 25.7 Å². The molecule has 3 unspecified atom stereocenters. The van der Waals surface area contributed by atoms with E-state index in [-0.39, 0.29) is 0 Å². The number of hydrogen-bond acceptors (Lipinski definition) is 0. The molecule has 0 aromatic carbocycles. The van der Waals surface area contributed by atoms with Crippen LogP contribution in [-0.2, 0) is 0 Å². The second kappa shape index (κ2) is 1.66. The van der Waals surface area contributed by atoms with Gasteiger partial charge in [-0.05, 0) is 49.4 Å². The van der Waals surface area contributed by atoms with Crippen molar-refractivity contribution < 1.29 is 0 Å². The Morgan fingerprint density at radius 1 is 1.10 bits per heavy atom. The second-order valence-electron chi connectivity index (χ2n) is 4.24. The molecule has 2 saturated carbocycles. The van der Waals surface area contributed by atoms with Gasteiger partial charge < -0.3 is 0 Å². The lowest BCUT2D eigenvalue weighted by Crippen LogP contribution is -2.16. The van der Waals surface area contributed by atoms with Crippen LogP contribution in [0, 0.1) is 23.7 Å². The van der Waals surface area contributed by atoms with Crippen LogP contribution in [0.2, 0.25) is 0 Å². The van der Waals surface area contributed by atoms with Gasteiger partial charge in [0.1, 0.15) is 0 Å². The van der Waals surface area contributed by atoms with Crippen LogP contribution in [0.5, 0.6) is 0 Å². The molecule has 0 saturated heterocycles. The summed E-state index contributed by atoms with van der Waals surface area (Å²) in [5.74, 6) is 4.36. The Morgan fingerprint density at radius 3 is 2.90 bits per heavy atom. The zero-order valence-electron chi connectivity index (χ0n) is 6.29. The van der Waals surface area contributed by atoms with E-state index in [0.29, 0.717) is 0 Å². The first-order valence-electron chi connectivity index (χ1n) is 4.62. The van der Waals surface area contributed by atoms with Crippen molar-refractivity contribution in [1.29, 1.82) is 0 Å². The van der Waals surface area contributed by atoms with Crippen LogP contribution in [0.1, 0.15) is 25.7 Å². The Bertz CT molecular complexity index is 180. The van der Waals surface area contributed by atoms with E-state index in [1.807, 2.05) is 0 Å². The van der Waals surface area contributed by atoms with Gasteiger partial charge in [-0.15, -0.1) is 0 Å². The summed E-state index contributed by atoms with van der Waals surface area (Å²) in [5.41, 5.74) is 0. The molecule has 2 fully saturated rings. The Labute approximate surface area is 62.3 Å². The Morgan fingerprint density at radius 2 is 2.00 bits per heavy atom. The molecule has 2 bridgehead atoms. The van der Waals surface area contributed by atoms with Gasteiger partial charge in [0, 0.05) is 0 Å². The van der Waals surface area contributed by atoms with Gasteiger partial charge >= 0.3 is 0 Å². The summed E-state index contributed by atoms with van der Waals surface area (Å²) in [5, 5.41) is 0. The van der Waals surface area contributed by atoms with E-state index in [4.69, 9.17) is 0 Å². The molecule has 54 valence electrons. The minimum absolute atomic E-state index is 1.03. The number of hydrogen-bond donors (Lipinski definition) is 0. The highest BCUT2D eigenvalue weighted by molar-refractivity contribution is 5.11. The summed E-state index contributed by atoms with van der Waals surface area (Å²) >= 11 is 0. The smallest absolute Gasteiger partial charge is 0.0171 e. The fourth-order valence-corrected chi connectivity index (χ4v) is 3.50. The topological polar surface area (TPSA) is 0 Å². The first kappa shape index (κ1) is 5.40. The van der Waals surface area contributed by atoms with E-state index in [0.717, 1.165) is 23.7 Å². The Hall–Kier alpha value is -0.260. The summed E-state index contributed by atoms with van der Waals surface area (Å²) < 4.78 is 0. The molecular formula is C10H14. The molecule has 0 heterocycles. The predicted molar refractivity (Wildman–Crippen MR) is 41.6 cm³/mol. The van der Waals surface area contributed by atoms with Crippen molar-refractivity contribution in [3.63, 3.8) is 0 Å². The van der Waals surface area contributed by atoms with E-state index in [9.17, 15) is 0 Å². The monoisotopic (exact) mass is 134 g/mol. The third-order valence-corrected chi connectivity index (χ3v) is 3.92. The minimum atomic E-state index is 1.03. The molecule has 0 aromatic rings. The largest absolute Gasteiger partial charge is 0.0879 e. The average Bonchev–Trinajstić information content (AvgIpc) is 2.60. The summed E-state index contributed by atoms with van der Waals surface area (Å²) in [6, 6.07) is 0. The van der Waals surface area contributed by atoms with Gasteiger partial charge in [-0.25, -0.2) is 0 Å². The summed E-state index contributed by atoms with van der Waals surface area (Å²) in [7, 11) is 0. The maximum atomic E-state index is 2.49. The standard InChI is InChI=1S/C10H14/c1-2-9-7-4-5-8(6-7)10(9)3-1/h1-2,7-10H,3-6H2/t7?,8?,9-,10?/m1/s1. The zero-order valence-corrected chi connectivity index (χ0v) is 6.29. The summed E-state index contributed by atoms with van der Waals surface area (Å²) in [4.78, 5) is 0. The SMILES string of the molecule is C1=C[C@@H]2C3CCC(C3)C2C1. The first-order chi connectivity index (χ1) is 4.95. The molecule has 0 aromatic heterocycles. The highest BCUT2D eigenvalue weighted by Gasteiger charge is 2.47. The van der Waals surface area contributed by atoms with Crippen LogP contribution in [0.4, 0.5) is 0 Å². The second-order valence-corrected chi connectivity index (χ2v) is 4.24. The van der Waals surface area contributed by atoms with Gasteiger partial charge in [0.15, 0.2) is 0 Å². The van der Waals surface area contributed by atoms with Crippen LogP contribution >= 0.6 is 0 Å². The van der Waals surface area contributed by atoms with Crippen molar-refractivity contribution in [2.75, 3.05) is 0 Å². The highest BCUT2D eigenvalue weighted by Crippen LogP contribution is 2.56.